The van der Waals surface area contributed by atoms with Gasteiger partial charge in [-0.05, 0) is 25.1 Å². The number of nitrogens with zero attached hydrogens (tertiary/aromatic N) is 4. The summed E-state index contributed by atoms with van der Waals surface area (Å²) in [5.41, 5.74) is 1.99. The Kier molecular flexibility index (Phi) is 6.32. The summed E-state index contributed by atoms with van der Waals surface area (Å²) >= 11 is 0. The number of anilines is 2. The van der Waals surface area contributed by atoms with E-state index in [4.69, 9.17) is 4.74 Å². The summed E-state index contributed by atoms with van der Waals surface area (Å²) in [5.74, 6) is -1.78. The van der Waals surface area contributed by atoms with Crippen molar-refractivity contribution in [2.45, 2.75) is 13.1 Å². The summed E-state index contributed by atoms with van der Waals surface area (Å²) in [5, 5.41) is 9.15. The third-order valence-corrected chi connectivity index (χ3v) is 5.69. The average Bonchev–Trinajstić information content (AvgIpc) is 3.08. The van der Waals surface area contributed by atoms with Gasteiger partial charge < -0.3 is 20.3 Å². The molecule has 1 aliphatic heterocycles. The number of carbonyl (C=O) groups is 3. The second kappa shape index (κ2) is 9.37. The third-order valence-electron chi connectivity index (χ3n) is 5.69. The maximum atomic E-state index is 14.7. The number of hydrogen-bond donors (Lipinski definition) is 2. The minimum atomic E-state index is -1.37. The number of aliphatic imine (C=N–C) groups is 1. The van der Waals surface area contributed by atoms with Gasteiger partial charge in [0.15, 0.2) is 5.69 Å². The molecule has 0 radical (unpaired) electrons. The normalized spacial score (nSPS) is 15.1. The van der Waals surface area contributed by atoms with Crippen molar-refractivity contribution in [1.82, 2.24) is 15.1 Å². The molecule has 0 aliphatic carbocycles. The first kappa shape index (κ1) is 23.6. The number of amides is 3. The fourth-order valence-corrected chi connectivity index (χ4v) is 3.76. The standard InChI is InChI=1S/C24H23FN6O4/c1-13-18(20(23(33)35-4)29-31(13)3)27-24(34)28-21-22(32)30(2)17-12-8-6-10-15(17)19(26-21)14-9-5-7-11-16(14)25/h5-12,21H,1-4H3,(H2,27,28,34). The van der Waals surface area contributed by atoms with E-state index in [-0.39, 0.29) is 22.7 Å². The van der Waals surface area contributed by atoms with Crippen molar-refractivity contribution in [3.05, 3.63) is 76.9 Å². The van der Waals surface area contributed by atoms with Crippen LogP contribution in [0.5, 0.6) is 0 Å². The van der Waals surface area contributed by atoms with Crippen molar-refractivity contribution in [1.29, 1.82) is 0 Å². The summed E-state index contributed by atoms with van der Waals surface area (Å²) in [6.45, 7) is 1.66. The number of likely N-dealkylation sites (N-methyl/N-ethyl adjacent to an activating group) is 1. The molecule has 0 spiro atoms. The van der Waals surface area contributed by atoms with Gasteiger partial charge in [-0.3, -0.25) is 9.48 Å². The second-order valence-corrected chi connectivity index (χ2v) is 7.80. The van der Waals surface area contributed by atoms with Crippen molar-refractivity contribution >= 4 is 35.0 Å². The number of methoxy groups -OCH3 is 1. The van der Waals surface area contributed by atoms with Crippen LogP contribution in [0.25, 0.3) is 0 Å². The number of carbonyl (C=O) groups excluding carboxylic acids is 3. The molecule has 0 fully saturated rings. The Morgan fingerprint density at radius 1 is 1.06 bits per heavy atom. The lowest BCUT2D eigenvalue weighted by molar-refractivity contribution is -0.119. The number of fused-ring (bicyclic) bond motifs is 1. The molecule has 3 aromatic rings. The van der Waals surface area contributed by atoms with Crippen molar-refractivity contribution in [3.63, 3.8) is 0 Å². The zero-order valence-electron chi connectivity index (χ0n) is 19.5. The Morgan fingerprint density at radius 2 is 1.71 bits per heavy atom. The molecule has 1 atom stereocenters. The highest BCUT2D eigenvalue weighted by molar-refractivity contribution is 6.20. The van der Waals surface area contributed by atoms with E-state index in [0.717, 1.165) is 0 Å². The number of halogens is 1. The molecule has 4 rings (SSSR count). The molecule has 3 amide bonds. The SMILES string of the molecule is COC(=O)c1nn(C)c(C)c1NC(=O)NC1N=C(c2ccccc2F)c2ccccc2N(C)C1=O. The molecule has 1 aliphatic rings. The number of rotatable bonds is 4. The maximum Gasteiger partial charge on any atom is 0.360 e. The molecular weight excluding hydrogens is 455 g/mol. The topological polar surface area (TPSA) is 118 Å². The van der Waals surface area contributed by atoms with E-state index < -0.39 is 29.9 Å². The van der Waals surface area contributed by atoms with Crippen LogP contribution in [0, 0.1) is 12.7 Å². The highest BCUT2D eigenvalue weighted by Gasteiger charge is 2.32. The molecule has 180 valence electrons. The van der Waals surface area contributed by atoms with Crippen LogP contribution in [0.1, 0.15) is 27.3 Å². The van der Waals surface area contributed by atoms with Crippen molar-refractivity contribution in [3.8, 4) is 0 Å². The maximum absolute atomic E-state index is 14.7. The quantitative estimate of drug-likeness (QED) is 0.559. The van der Waals surface area contributed by atoms with Gasteiger partial charge in [0.25, 0.3) is 5.91 Å². The van der Waals surface area contributed by atoms with Crippen LogP contribution in [0.4, 0.5) is 20.6 Å². The Morgan fingerprint density at radius 3 is 2.40 bits per heavy atom. The van der Waals surface area contributed by atoms with E-state index in [0.29, 0.717) is 16.9 Å². The zero-order valence-corrected chi connectivity index (χ0v) is 19.5. The van der Waals surface area contributed by atoms with Gasteiger partial charge in [0.1, 0.15) is 5.82 Å². The van der Waals surface area contributed by atoms with Crippen LogP contribution >= 0.6 is 0 Å². The first-order chi connectivity index (χ1) is 16.7. The summed E-state index contributed by atoms with van der Waals surface area (Å²) in [6, 6.07) is 12.2. The van der Waals surface area contributed by atoms with Crippen LogP contribution in [0.15, 0.2) is 53.5 Å². The van der Waals surface area contributed by atoms with E-state index >= 15 is 0 Å². The van der Waals surface area contributed by atoms with Gasteiger partial charge in [0.2, 0.25) is 6.17 Å². The van der Waals surface area contributed by atoms with Crippen LogP contribution < -0.4 is 15.5 Å². The Balaban J connectivity index is 1.72. The number of esters is 1. The van der Waals surface area contributed by atoms with Gasteiger partial charge in [0, 0.05) is 25.2 Å². The smallest absolute Gasteiger partial charge is 0.360 e. The molecule has 2 N–H and O–H groups in total. The van der Waals surface area contributed by atoms with Crippen molar-refractivity contribution in [2.75, 3.05) is 24.4 Å². The number of urea groups is 1. The van der Waals surface area contributed by atoms with Gasteiger partial charge in [0.05, 0.1) is 29.9 Å². The Labute approximate surface area is 200 Å². The number of benzene rings is 2. The molecule has 11 heteroatoms. The summed E-state index contributed by atoms with van der Waals surface area (Å²) < 4.78 is 20.9. The molecule has 10 nitrogen and oxygen atoms in total. The summed E-state index contributed by atoms with van der Waals surface area (Å²) in [4.78, 5) is 44.1. The predicted molar refractivity (Wildman–Crippen MR) is 127 cm³/mol. The first-order valence-corrected chi connectivity index (χ1v) is 10.6. The van der Waals surface area contributed by atoms with Gasteiger partial charge in [-0.2, -0.15) is 5.10 Å². The van der Waals surface area contributed by atoms with Crippen LogP contribution in [0.3, 0.4) is 0 Å². The fourth-order valence-electron chi connectivity index (χ4n) is 3.76. The lowest BCUT2D eigenvalue weighted by atomic mass is 10.00. The molecule has 0 saturated heterocycles. The number of hydrogen-bond acceptors (Lipinski definition) is 6. The zero-order chi connectivity index (χ0) is 25.3. The minimum Gasteiger partial charge on any atom is -0.464 e. The highest BCUT2D eigenvalue weighted by atomic mass is 19.1. The molecule has 0 bridgehead atoms. The molecule has 1 aromatic heterocycles. The number of nitrogens with one attached hydrogen (secondary N) is 2. The lowest BCUT2D eigenvalue weighted by Crippen LogP contribution is -2.47. The number of aromatic nitrogens is 2. The lowest BCUT2D eigenvalue weighted by Gasteiger charge is -2.21. The van der Waals surface area contributed by atoms with Gasteiger partial charge in [-0.15, -0.1) is 0 Å². The number of benzodiazepines with no additional fused rings is 1. The van der Waals surface area contributed by atoms with Gasteiger partial charge in [-0.1, -0.05) is 30.3 Å². The Bertz CT molecular complexity index is 1370. The number of para-hydroxylation sites is 1. The molecule has 35 heavy (non-hydrogen) atoms. The number of ether oxygens (including phenoxy) is 1. The fraction of sp³-hybridized carbons (Fsp3) is 0.208. The van der Waals surface area contributed by atoms with Gasteiger partial charge in [-0.25, -0.2) is 19.0 Å². The van der Waals surface area contributed by atoms with E-state index in [9.17, 15) is 18.8 Å². The largest absolute Gasteiger partial charge is 0.464 e. The second-order valence-electron chi connectivity index (χ2n) is 7.80. The van der Waals surface area contributed by atoms with E-state index in [1.54, 1.807) is 63.5 Å². The molecule has 2 heterocycles. The minimum absolute atomic E-state index is 0.0880. The van der Waals surface area contributed by atoms with Crippen LogP contribution in [0.2, 0.25) is 0 Å². The molecule has 1 unspecified atom stereocenters. The van der Waals surface area contributed by atoms with Crippen molar-refractivity contribution in [2.24, 2.45) is 12.0 Å². The average molecular weight is 478 g/mol. The molecular formula is C24H23FN6O4. The molecule has 2 aromatic carbocycles. The predicted octanol–water partition coefficient (Wildman–Crippen LogP) is 2.62. The monoisotopic (exact) mass is 478 g/mol. The van der Waals surface area contributed by atoms with E-state index in [2.05, 4.69) is 20.7 Å². The van der Waals surface area contributed by atoms with Crippen molar-refractivity contribution < 1.29 is 23.5 Å². The third kappa shape index (κ3) is 4.35. The van der Waals surface area contributed by atoms with Crippen LogP contribution in [-0.4, -0.2) is 53.7 Å². The van der Waals surface area contributed by atoms with Gasteiger partial charge >= 0.3 is 12.0 Å². The first-order valence-electron chi connectivity index (χ1n) is 10.6. The summed E-state index contributed by atoms with van der Waals surface area (Å²) in [7, 11) is 4.36. The van der Waals surface area contributed by atoms with Crippen LogP contribution in [-0.2, 0) is 16.6 Å². The highest BCUT2D eigenvalue weighted by Crippen LogP contribution is 2.28. The van der Waals surface area contributed by atoms with E-state index in [1.807, 2.05) is 0 Å². The molecule has 0 saturated carbocycles. The number of aryl methyl sites for hydroxylation is 1. The Hall–Kier alpha value is -4.54. The summed E-state index contributed by atoms with van der Waals surface area (Å²) in [6.07, 6.45) is -1.37. The van der Waals surface area contributed by atoms with E-state index in [1.165, 1.54) is 22.8 Å².